The van der Waals surface area contributed by atoms with Gasteiger partial charge in [-0.15, -0.1) is 0 Å². The van der Waals surface area contributed by atoms with Gasteiger partial charge in [0.2, 0.25) is 15.9 Å². The lowest BCUT2D eigenvalue weighted by Gasteiger charge is -2.24. The van der Waals surface area contributed by atoms with Gasteiger partial charge in [0.05, 0.1) is 0 Å². The molecule has 1 amide bonds. The maximum atomic E-state index is 13.6. The lowest BCUT2D eigenvalue weighted by atomic mass is 9.88. The lowest BCUT2D eigenvalue weighted by molar-refractivity contribution is -0.121. The standard InChI is InChI=1S/C12H13F3N2O3S/c1-12(2)5-16-11(18)10(12)17-21(19,20)7-4-3-6(13)8(14)9(7)15/h3-4,10,17H,5H2,1-2H3,(H,16,18). The molecule has 1 aliphatic heterocycles. The van der Waals surface area contributed by atoms with Crippen molar-refractivity contribution in [3.05, 3.63) is 29.6 Å². The average molecular weight is 322 g/mol. The summed E-state index contributed by atoms with van der Waals surface area (Å²) in [5, 5.41) is 2.48. The maximum Gasteiger partial charge on any atom is 0.244 e. The minimum absolute atomic E-state index is 0.235. The van der Waals surface area contributed by atoms with Crippen LogP contribution in [0.4, 0.5) is 13.2 Å². The summed E-state index contributed by atoms with van der Waals surface area (Å²) in [7, 11) is -4.51. The van der Waals surface area contributed by atoms with Gasteiger partial charge in [-0.1, -0.05) is 13.8 Å². The van der Waals surface area contributed by atoms with Crippen LogP contribution in [0.5, 0.6) is 0 Å². The molecule has 1 saturated heterocycles. The van der Waals surface area contributed by atoms with Crippen LogP contribution in [0.1, 0.15) is 13.8 Å². The van der Waals surface area contributed by atoms with Gasteiger partial charge in [0, 0.05) is 12.0 Å². The third-order valence-electron chi connectivity index (χ3n) is 3.32. The van der Waals surface area contributed by atoms with Crippen LogP contribution in [0.25, 0.3) is 0 Å². The monoisotopic (exact) mass is 322 g/mol. The number of halogens is 3. The fourth-order valence-corrected chi connectivity index (χ4v) is 3.46. The first-order valence-electron chi connectivity index (χ1n) is 6.00. The van der Waals surface area contributed by atoms with E-state index in [1.54, 1.807) is 13.8 Å². The second-order valence-corrected chi connectivity index (χ2v) is 7.12. The van der Waals surface area contributed by atoms with Gasteiger partial charge in [-0.3, -0.25) is 4.79 Å². The Balaban J connectivity index is 2.40. The zero-order valence-electron chi connectivity index (χ0n) is 11.2. The van der Waals surface area contributed by atoms with Crippen molar-refractivity contribution in [3.63, 3.8) is 0 Å². The molecule has 1 heterocycles. The zero-order chi connectivity index (χ0) is 16.0. The minimum Gasteiger partial charge on any atom is -0.354 e. The number of carbonyl (C=O) groups excluding carboxylic acids is 1. The predicted molar refractivity (Wildman–Crippen MR) is 67.2 cm³/mol. The minimum atomic E-state index is -4.51. The molecule has 1 fully saturated rings. The van der Waals surface area contributed by atoms with E-state index in [2.05, 4.69) is 5.32 Å². The van der Waals surface area contributed by atoms with Gasteiger partial charge in [0.25, 0.3) is 0 Å². The van der Waals surface area contributed by atoms with Crippen LogP contribution in [0.15, 0.2) is 17.0 Å². The molecule has 1 atom stereocenters. The first-order valence-corrected chi connectivity index (χ1v) is 7.48. The molecule has 0 saturated carbocycles. The summed E-state index contributed by atoms with van der Waals surface area (Å²) >= 11 is 0. The topological polar surface area (TPSA) is 75.3 Å². The van der Waals surface area contributed by atoms with Gasteiger partial charge < -0.3 is 5.32 Å². The second kappa shape index (κ2) is 4.99. The van der Waals surface area contributed by atoms with Crippen molar-refractivity contribution in [1.29, 1.82) is 0 Å². The molecule has 5 nitrogen and oxygen atoms in total. The summed E-state index contributed by atoms with van der Waals surface area (Å²) < 4.78 is 65.8. The Morgan fingerprint density at radius 3 is 2.38 bits per heavy atom. The number of hydrogen-bond donors (Lipinski definition) is 2. The summed E-state index contributed by atoms with van der Waals surface area (Å²) in [6, 6.07) is -0.0158. The van der Waals surface area contributed by atoms with Crippen LogP contribution in [0.2, 0.25) is 0 Å². The smallest absolute Gasteiger partial charge is 0.244 e. The molecule has 1 unspecified atom stereocenters. The molecule has 0 bridgehead atoms. The number of hydrogen-bond acceptors (Lipinski definition) is 3. The predicted octanol–water partition coefficient (Wildman–Crippen LogP) is 0.907. The number of rotatable bonds is 3. The highest BCUT2D eigenvalue weighted by molar-refractivity contribution is 7.89. The zero-order valence-corrected chi connectivity index (χ0v) is 12.0. The van der Waals surface area contributed by atoms with Crippen LogP contribution in [-0.4, -0.2) is 26.9 Å². The van der Waals surface area contributed by atoms with Crippen LogP contribution < -0.4 is 10.0 Å². The Morgan fingerprint density at radius 2 is 1.86 bits per heavy atom. The van der Waals surface area contributed by atoms with E-state index in [-0.39, 0.29) is 6.54 Å². The summed E-state index contributed by atoms with van der Waals surface area (Å²) in [6.07, 6.45) is 0. The van der Waals surface area contributed by atoms with E-state index in [4.69, 9.17) is 0 Å². The van der Waals surface area contributed by atoms with Gasteiger partial charge in [0.15, 0.2) is 17.5 Å². The average Bonchev–Trinajstić information content (AvgIpc) is 2.62. The SMILES string of the molecule is CC1(C)CNC(=O)C1NS(=O)(=O)c1ccc(F)c(F)c1F. The number of carbonyl (C=O) groups is 1. The van der Waals surface area contributed by atoms with Crippen molar-refractivity contribution in [2.24, 2.45) is 5.41 Å². The van der Waals surface area contributed by atoms with Crippen molar-refractivity contribution in [3.8, 4) is 0 Å². The molecular formula is C12H13F3N2O3S. The first-order chi connectivity index (χ1) is 9.56. The number of sulfonamides is 1. The van der Waals surface area contributed by atoms with Gasteiger partial charge in [-0.05, 0) is 12.1 Å². The molecule has 1 aromatic rings. The Hall–Kier alpha value is -1.61. The first kappa shape index (κ1) is 15.8. The van der Waals surface area contributed by atoms with Crippen LogP contribution in [0, 0.1) is 22.9 Å². The van der Waals surface area contributed by atoms with E-state index < -0.39 is 49.7 Å². The maximum absolute atomic E-state index is 13.6. The Labute approximate surface area is 119 Å². The normalized spacial score (nSPS) is 21.4. The summed E-state index contributed by atoms with van der Waals surface area (Å²) in [5.41, 5.74) is -0.737. The lowest BCUT2D eigenvalue weighted by Crippen LogP contribution is -2.47. The molecule has 1 aliphatic rings. The highest BCUT2D eigenvalue weighted by Gasteiger charge is 2.44. The van der Waals surface area contributed by atoms with E-state index in [1.807, 2.05) is 4.72 Å². The Bertz CT molecular complexity index is 704. The molecule has 21 heavy (non-hydrogen) atoms. The highest BCUT2D eigenvalue weighted by atomic mass is 32.2. The number of nitrogens with one attached hydrogen (secondary N) is 2. The summed E-state index contributed by atoms with van der Waals surface area (Å²) in [4.78, 5) is 10.6. The molecule has 9 heteroatoms. The van der Waals surface area contributed by atoms with E-state index in [1.165, 1.54) is 0 Å². The van der Waals surface area contributed by atoms with Crippen LogP contribution >= 0.6 is 0 Å². The van der Waals surface area contributed by atoms with Crippen molar-refractivity contribution >= 4 is 15.9 Å². The van der Waals surface area contributed by atoms with Gasteiger partial charge >= 0.3 is 0 Å². The van der Waals surface area contributed by atoms with Crippen LogP contribution in [-0.2, 0) is 14.8 Å². The molecule has 2 N–H and O–H groups in total. The van der Waals surface area contributed by atoms with E-state index in [9.17, 15) is 26.4 Å². The quantitative estimate of drug-likeness (QED) is 0.812. The van der Waals surface area contributed by atoms with Gasteiger partial charge in [0.1, 0.15) is 10.9 Å². The molecule has 1 aromatic carbocycles. The molecule has 116 valence electrons. The number of amides is 1. The second-order valence-electron chi connectivity index (χ2n) is 5.43. The molecule has 0 radical (unpaired) electrons. The fraction of sp³-hybridized carbons (Fsp3) is 0.417. The third-order valence-corrected chi connectivity index (χ3v) is 4.76. The molecule has 0 spiro atoms. The van der Waals surface area contributed by atoms with Crippen molar-refractivity contribution in [1.82, 2.24) is 10.0 Å². The van der Waals surface area contributed by atoms with Crippen LogP contribution in [0.3, 0.4) is 0 Å². The summed E-state index contributed by atoms with van der Waals surface area (Å²) in [5.74, 6) is -5.76. The summed E-state index contributed by atoms with van der Waals surface area (Å²) in [6.45, 7) is 3.51. The molecule has 0 aromatic heterocycles. The van der Waals surface area contributed by atoms with Crippen molar-refractivity contribution < 1.29 is 26.4 Å². The molecule has 2 rings (SSSR count). The van der Waals surface area contributed by atoms with E-state index in [0.29, 0.717) is 12.1 Å². The van der Waals surface area contributed by atoms with E-state index in [0.717, 1.165) is 0 Å². The fourth-order valence-electron chi connectivity index (χ4n) is 2.02. The Morgan fingerprint density at radius 1 is 1.24 bits per heavy atom. The Kier molecular flexibility index (Phi) is 3.75. The van der Waals surface area contributed by atoms with E-state index >= 15 is 0 Å². The van der Waals surface area contributed by atoms with Crippen molar-refractivity contribution in [2.75, 3.05) is 6.54 Å². The largest absolute Gasteiger partial charge is 0.354 e. The van der Waals surface area contributed by atoms with Gasteiger partial charge in [-0.2, -0.15) is 4.72 Å². The van der Waals surface area contributed by atoms with Gasteiger partial charge in [-0.25, -0.2) is 21.6 Å². The van der Waals surface area contributed by atoms with Crippen molar-refractivity contribution in [2.45, 2.75) is 24.8 Å². The number of benzene rings is 1. The third kappa shape index (κ3) is 2.75. The molecular weight excluding hydrogens is 309 g/mol. The highest BCUT2D eigenvalue weighted by Crippen LogP contribution is 2.27. The molecule has 0 aliphatic carbocycles.